The van der Waals surface area contributed by atoms with Crippen molar-refractivity contribution in [2.75, 3.05) is 54.9 Å². The van der Waals surface area contributed by atoms with Crippen LogP contribution in [0.5, 0.6) is 0 Å². The van der Waals surface area contributed by atoms with Crippen molar-refractivity contribution in [2.45, 2.75) is 251 Å². The maximum Gasteiger partial charge on any atom is 0.219 e. The number of hydrogen-bond acceptors (Lipinski definition) is 2. The summed E-state index contributed by atoms with van der Waals surface area (Å²) < 4.78 is 1.12. The van der Waals surface area contributed by atoms with E-state index in [2.05, 4.69) is 59.3 Å². The molecule has 5 heteroatoms. The van der Waals surface area contributed by atoms with Gasteiger partial charge in [-0.05, 0) is 46.3 Å². The van der Waals surface area contributed by atoms with Crippen LogP contribution in [0.25, 0.3) is 0 Å². The van der Waals surface area contributed by atoms with E-state index in [1.165, 1.54) is 225 Å². The normalized spacial score (nSPS) is 11.4. The molecule has 0 aliphatic heterocycles. The highest BCUT2D eigenvalue weighted by molar-refractivity contribution is 5.75. The molecule has 0 unspecified atom stereocenters. The van der Waals surface area contributed by atoms with E-state index in [4.69, 9.17) is 0 Å². The fraction of sp³-hybridized carbons (Fsp3) is 0.979. The molecule has 0 radical (unpaired) electrons. The van der Waals surface area contributed by atoms with Gasteiger partial charge in [-0.2, -0.15) is 0 Å². The lowest BCUT2D eigenvalue weighted by Gasteiger charge is -2.23. The Morgan fingerprint density at radius 1 is 0.415 bits per heavy atom. The minimum absolute atomic E-state index is 0. The van der Waals surface area contributed by atoms with E-state index in [1.54, 1.807) is 0 Å². The van der Waals surface area contributed by atoms with E-state index in [9.17, 15) is 4.79 Å². The van der Waals surface area contributed by atoms with Crippen molar-refractivity contribution >= 4 is 5.91 Å². The van der Waals surface area contributed by atoms with Crippen LogP contribution in [0.15, 0.2) is 0 Å². The third-order valence-electron chi connectivity index (χ3n) is 10.8. The highest BCUT2D eigenvalue weighted by Gasteiger charge is 2.05. The zero-order chi connectivity index (χ0) is 38.6. The van der Waals surface area contributed by atoms with Crippen molar-refractivity contribution in [3.63, 3.8) is 0 Å². The summed E-state index contributed by atoms with van der Waals surface area (Å²) in [7, 11) is 11.0. The lowest BCUT2D eigenvalue weighted by Crippen LogP contribution is -3.00. The Bertz CT molecular complexity index is 666. The van der Waals surface area contributed by atoms with Gasteiger partial charge >= 0.3 is 0 Å². The number of unbranched alkanes of at least 4 members (excludes halogenated alkanes) is 33. The average Bonchev–Trinajstić information content (AvgIpc) is 3.10. The van der Waals surface area contributed by atoms with Gasteiger partial charge < -0.3 is 27.1 Å². The van der Waals surface area contributed by atoms with E-state index in [1.807, 2.05) is 0 Å². The molecule has 0 rings (SSSR count). The topological polar surface area (TPSA) is 32.3 Å². The minimum Gasteiger partial charge on any atom is -1.00 e. The van der Waals surface area contributed by atoms with Crippen LogP contribution in [0.1, 0.15) is 251 Å². The maximum absolute atomic E-state index is 11.7. The van der Waals surface area contributed by atoms with Crippen molar-refractivity contribution in [1.82, 2.24) is 10.2 Å². The number of nitrogens with zero attached hydrogens (tertiary/aromatic N) is 2. The highest BCUT2D eigenvalue weighted by atomic mass is 35.5. The summed E-state index contributed by atoms with van der Waals surface area (Å²) in [6.07, 6.45) is 51.6. The van der Waals surface area contributed by atoms with E-state index < -0.39 is 0 Å². The molecule has 0 aromatic rings. The number of carbonyl (C=O) groups excluding carboxylic acids is 1. The molecular weight excluding hydrogens is 670 g/mol. The Morgan fingerprint density at radius 3 is 0.943 bits per heavy atom. The first-order chi connectivity index (χ1) is 25.2. The quantitative estimate of drug-likeness (QED) is 0.0496. The van der Waals surface area contributed by atoms with Crippen molar-refractivity contribution in [1.29, 1.82) is 0 Å². The number of halogens is 1. The highest BCUT2D eigenvalue weighted by Crippen LogP contribution is 2.16. The summed E-state index contributed by atoms with van der Waals surface area (Å²) in [6.45, 7) is 7.77. The minimum atomic E-state index is 0. The SMILES string of the molecule is CCCCCCCCCCCCCCCCCC(=O)NCCCN(C)C.CCCCCCCCCCCCCCCCCCCCCC[N+](C)(C)C.[Cl-]. The molecule has 0 fully saturated rings. The first-order valence-electron chi connectivity index (χ1n) is 23.9. The number of quaternary nitrogens is 1. The molecule has 0 saturated carbocycles. The van der Waals surface area contributed by atoms with E-state index in [0.717, 1.165) is 30.4 Å². The van der Waals surface area contributed by atoms with Crippen LogP contribution in [0.4, 0.5) is 0 Å². The number of rotatable bonds is 41. The van der Waals surface area contributed by atoms with Gasteiger partial charge in [0, 0.05) is 13.0 Å². The zero-order valence-electron chi connectivity index (χ0n) is 38.0. The van der Waals surface area contributed by atoms with Crippen LogP contribution in [0.3, 0.4) is 0 Å². The average molecular weight is 773 g/mol. The predicted molar refractivity (Wildman–Crippen MR) is 237 cm³/mol. The molecule has 322 valence electrons. The molecule has 0 aromatic carbocycles. The third kappa shape index (κ3) is 58.5. The van der Waals surface area contributed by atoms with Gasteiger partial charge in [0.15, 0.2) is 0 Å². The zero-order valence-corrected chi connectivity index (χ0v) is 38.7. The summed E-state index contributed by atoms with van der Waals surface area (Å²) in [5, 5.41) is 3.02. The summed E-state index contributed by atoms with van der Waals surface area (Å²) in [5.74, 6) is 0.235. The van der Waals surface area contributed by atoms with Crippen LogP contribution in [-0.4, -0.2) is 70.2 Å². The van der Waals surface area contributed by atoms with Crippen molar-refractivity contribution in [2.24, 2.45) is 0 Å². The predicted octanol–water partition coefficient (Wildman–Crippen LogP) is 11.8. The van der Waals surface area contributed by atoms with E-state index in [0.29, 0.717) is 6.42 Å². The lowest BCUT2D eigenvalue weighted by atomic mass is 10.0. The number of hydrogen-bond donors (Lipinski definition) is 1. The van der Waals surface area contributed by atoms with Crippen LogP contribution in [0, 0.1) is 0 Å². The molecule has 0 aliphatic rings. The van der Waals surface area contributed by atoms with E-state index >= 15 is 0 Å². The summed E-state index contributed by atoms with van der Waals surface area (Å²) in [4.78, 5) is 13.9. The van der Waals surface area contributed by atoms with Crippen LogP contribution in [-0.2, 0) is 4.79 Å². The fourth-order valence-electron chi connectivity index (χ4n) is 7.21. The van der Waals surface area contributed by atoms with Crippen LogP contribution in [0.2, 0.25) is 0 Å². The van der Waals surface area contributed by atoms with Crippen molar-refractivity contribution in [3.05, 3.63) is 0 Å². The molecule has 53 heavy (non-hydrogen) atoms. The molecule has 0 aliphatic carbocycles. The summed E-state index contributed by atoms with van der Waals surface area (Å²) in [5.41, 5.74) is 0. The third-order valence-corrected chi connectivity index (χ3v) is 10.8. The van der Waals surface area contributed by atoms with Gasteiger partial charge in [-0.15, -0.1) is 0 Å². The van der Waals surface area contributed by atoms with Crippen molar-refractivity contribution < 1.29 is 21.7 Å². The Morgan fingerprint density at radius 2 is 0.679 bits per heavy atom. The molecule has 0 aromatic heterocycles. The first-order valence-corrected chi connectivity index (χ1v) is 23.9. The first kappa shape index (κ1) is 57.0. The van der Waals surface area contributed by atoms with Crippen LogP contribution < -0.4 is 17.7 Å². The van der Waals surface area contributed by atoms with Crippen molar-refractivity contribution in [3.8, 4) is 0 Å². The van der Waals surface area contributed by atoms with Gasteiger partial charge in [-0.3, -0.25) is 4.79 Å². The number of amides is 1. The molecule has 0 spiro atoms. The van der Waals surface area contributed by atoms with Crippen LogP contribution >= 0.6 is 0 Å². The second kappa shape index (κ2) is 47.8. The van der Waals surface area contributed by atoms with Gasteiger partial charge in [0.25, 0.3) is 0 Å². The summed E-state index contributed by atoms with van der Waals surface area (Å²) >= 11 is 0. The monoisotopic (exact) mass is 772 g/mol. The molecule has 4 nitrogen and oxygen atoms in total. The summed E-state index contributed by atoms with van der Waals surface area (Å²) in [6, 6.07) is 0. The Hall–Kier alpha value is -0.320. The number of nitrogens with one attached hydrogen (secondary N) is 1. The molecule has 0 atom stereocenters. The van der Waals surface area contributed by atoms with Gasteiger partial charge in [0.05, 0.1) is 27.7 Å². The molecule has 0 heterocycles. The smallest absolute Gasteiger partial charge is 0.219 e. The Labute approximate surface area is 342 Å². The number of carbonyl (C=O) groups is 1. The molecule has 1 N–H and O–H groups in total. The van der Waals surface area contributed by atoms with Gasteiger partial charge in [0.1, 0.15) is 0 Å². The van der Waals surface area contributed by atoms with Gasteiger partial charge in [0.2, 0.25) is 5.91 Å². The lowest BCUT2D eigenvalue weighted by molar-refractivity contribution is -0.870. The fourth-order valence-corrected chi connectivity index (χ4v) is 7.21. The second-order valence-corrected chi connectivity index (χ2v) is 17.9. The second-order valence-electron chi connectivity index (χ2n) is 17.9. The molecule has 1 amide bonds. The van der Waals surface area contributed by atoms with E-state index in [-0.39, 0.29) is 18.3 Å². The van der Waals surface area contributed by atoms with Gasteiger partial charge in [-0.25, -0.2) is 0 Å². The molecular formula is C48H102ClN3O. The Kier molecular flexibility index (Phi) is 51.4. The van der Waals surface area contributed by atoms with Gasteiger partial charge in [-0.1, -0.05) is 219 Å². The maximum atomic E-state index is 11.7. The molecule has 0 saturated heterocycles. The Balaban J connectivity index is -0.000000926. The largest absolute Gasteiger partial charge is 1.00 e. The standard InChI is InChI=1S/C25H54N.C23H48N2O.ClH/c1-5-6-7-8-9-10-11-12-13-14-15-16-17-18-19-20-21-22-23-24-25-26(2,3)4;1-4-5-6-7-8-9-10-11-12-13-14-15-16-17-18-20-23(26)24-21-19-22-25(2)3;/h5-25H2,1-4H3;4-22H2,1-3H3,(H,24,26);1H/q+1;;/p-1. The molecule has 0 bridgehead atoms.